The first-order valence-electron chi connectivity index (χ1n) is 6.87. The van der Waals surface area contributed by atoms with E-state index < -0.39 is 0 Å². The second kappa shape index (κ2) is 4.68. The summed E-state index contributed by atoms with van der Waals surface area (Å²) in [6.07, 6.45) is 3.06. The zero-order chi connectivity index (χ0) is 13.4. The minimum atomic E-state index is -0.346. The maximum atomic E-state index is 12.6. The van der Waals surface area contributed by atoms with Gasteiger partial charge < -0.3 is 10.2 Å². The van der Waals surface area contributed by atoms with Crippen molar-refractivity contribution in [2.24, 2.45) is 0 Å². The Kier molecular flexibility index (Phi) is 3.01. The van der Waals surface area contributed by atoms with Crippen LogP contribution in [-0.2, 0) is 16.0 Å². The molecular formula is C15H18N2O2. The van der Waals surface area contributed by atoms with E-state index in [0.717, 1.165) is 18.5 Å². The van der Waals surface area contributed by atoms with Crippen molar-refractivity contribution in [3.8, 4) is 0 Å². The van der Waals surface area contributed by atoms with Gasteiger partial charge in [-0.2, -0.15) is 0 Å². The molecule has 1 N–H and O–H groups in total. The summed E-state index contributed by atoms with van der Waals surface area (Å²) < 4.78 is 0. The Balaban J connectivity index is 1.91. The van der Waals surface area contributed by atoms with Crippen molar-refractivity contribution < 1.29 is 9.59 Å². The highest BCUT2D eigenvalue weighted by atomic mass is 16.2. The highest BCUT2D eigenvalue weighted by molar-refractivity contribution is 6.01. The van der Waals surface area contributed by atoms with Gasteiger partial charge >= 0.3 is 0 Å². The van der Waals surface area contributed by atoms with E-state index in [-0.39, 0.29) is 23.9 Å². The average Bonchev–Trinajstić information content (AvgIpc) is 2.85. The zero-order valence-corrected chi connectivity index (χ0v) is 11.1. The van der Waals surface area contributed by atoms with Gasteiger partial charge in [-0.05, 0) is 37.8 Å². The number of nitrogens with zero attached hydrogens (tertiary/aromatic N) is 1. The Labute approximate surface area is 112 Å². The summed E-state index contributed by atoms with van der Waals surface area (Å²) in [4.78, 5) is 25.8. The van der Waals surface area contributed by atoms with Crippen LogP contribution in [0.15, 0.2) is 24.3 Å². The van der Waals surface area contributed by atoms with Crippen molar-refractivity contribution in [3.63, 3.8) is 0 Å². The quantitative estimate of drug-likeness (QED) is 0.832. The molecule has 1 aromatic rings. The number of aryl methyl sites for hydroxylation is 1. The molecule has 2 unspecified atom stereocenters. The van der Waals surface area contributed by atoms with Gasteiger partial charge in [-0.3, -0.25) is 9.59 Å². The van der Waals surface area contributed by atoms with Gasteiger partial charge in [-0.1, -0.05) is 18.2 Å². The molecule has 0 saturated carbocycles. The van der Waals surface area contributed by atoms with Crippen LogP contribution in [0.25, 0.3) is 0 Å². The minimum absolute atomic E-state index is 0.0173. The summed E-state index contributed by atoms with van der Waals surface area (Å²) in [5.74, 6) is 0.0156. The van der Waals surface area contributed by atoms with Crippen molar-refractivity contribution in [1.29, 1.82) is 0 Å². The van der Waals surface area contributed by atoms with E-state index in [1.807, 2.05) is 23.1 Å². The second-order valence-electron chi connectivity index (χ2n) is 5.38. The molecule has 0 aliphatic carbocycles. The molecule has 4 nitrogen and oxygen atoms in total. The maximum Gasteiger partial charge on any atom is 0.249 e. The number of carbonyl (C=O) groups excluding carboxylic acids is 2. The molecule has 2 amide bonds. The normalized spacial score (nSPS) is 25.9. The summed E-state index contributed by atoms with van der Waals surface area (Å²) >= 11 is 0. The van der Waals surface area contributed by atoms with E-state index in [4.69, 9.17) is 0 Å². The van der Waals surface area contributed by atoms with E-state index >= 15 is 0 Å². The van der Waals surface area contributed by atoms with Gasteiger partial charge in [-0.25, -0.2) is 0 Å². The van der Waals surface area contributed by atoms with E-state index in [2.05, 4.69) is 18.3 Å². The number of benzene rings is 1. The lowest BCUT2D eigenvalue weighted by atomic mass is 9.95. The Hall–Kier alpha value is -1.84. The third kappa shape index (κ3) is 2.11. The molecule has 2 aliphatic rings. The Bertz CT molecular complexity index is 527. The van der Waals surface area contributed by atoms with Crippen molar-refractivity contribution in [2.45, 2.75) is 44.7 Å². The monoisotopic (exact) mass is 258 g/mol. The third-order valence-electron chi connectivity index (χ3n) is 4.05. The van der Waals surface area contributed by atoms with Crippen LogP contribution in [0.3, 0.4) is 0 Å². The van der Waals surface area contributed by atoms with Crippen LogP contribution >= 0.6 is 0 Å². The van der Waals surface area contributed by atoms with Crippen LogP contribution in [0.4, 0.5) is 5.69 Å². The standard InChI is InChI=1S/C15H18N2O2/c1-10-6-7-11-4-2-3-5-13(11)17(10)15(19)12-8-9-14(18)16-12/h2-5,10,12H,6-9H2,1H3,(H,16,18). The fourth-order valence-electron chi connectivity index (χ4n) is 2.99. The first-order chi connectivity index (χ1) is 9.16. The molecule has 100 valence electrons. The van der Waals surface area contributed by atoms with Crippen LogP contribution in [0, 0.1) is 0 Å². The average molecular weight is 258 g/mol. The van der Waals surface area contributed by atoms with Crippen molar-refractivity contribution in [1.82, 2.24) is 5.32 Å². The lowest BCUT2D eigenvalue weighted by Gasteiger charge is -2.36. The largest absolute Gasteiger partial charge is 0.344 e. The number of carbonyl (C=O) groups is 2. The Morgan fingerprint density at radius 3 is 2.79 bits per heavy atom. The first-order valence-corrected chi connectivity index (χ1v) is 6.87. The molecule has 1 aromatic carbocycles. The summed E-state index contributed by atoms with van der Waals surface area (Å²) in [5.41, 5.74) is 2.23. The third-order valence-corrected chi connectivity index (χ3v) is 4.05. The van der Waals surface area contributed by atoms with Gasteiger partial charge in [0.1, 0.15) is 6.04 Å². The van der Waals surface area contributed by atoms with Gasteiger partial charge in [0.05, 0.1) is 0 Å². The molecule has 0 spiro atoms. The van der Waals surface area contributed by atoms with Crippen LogP contribution in [0.2, 0.25) is 0 Å². The highest BCUT2D eigenvalue weighted by Crippen LogP contribution is 2.31. The van der Waals surface area contributed by atoms with Crippen LogP contribution < -0.4 is 10.2 Å². The van der Waals surface area contributed by atoms with Gasteiger partial charge in [0, 0.05) is 18.2 Å². The number of fused-ring (bicyclic) bond motifs is 1. The molecule has 0 bridgehead atoms. The fraction of sp³-hybridized carbons (Fsp3) is 0.467. The van der Waals surface area contributed by atoms with Gasteiger partial charge in [0.25, 0.3) is 0 Å². The van der Waals surface area contributed by atoms with Crippen molar-refractivity contribution in [2.75, 3.05) is 4.90 Å². The number of nitrogens with one attached hydrogen (secondary N) is 1. The number of amides is 2. The smallest absolute Gasteiger partial charge is 0.249 e. The fourth-order valence-corrected chi connectivity index (χ4v) is 2.99. The summed E-state index contributed by atoms with van der Waals surface area (Å²) in [5, 5.41) is 2.77. The minimum Gasteiger partial charge on any atom is -0.344 e. The lowest BCUT2D eigenvalue weighted by Crippen LogP contribution is -2.50. The maximum absolute atomic E-state index is 12.6. The number of hydrogen-bond acceptors (Lipinski definition) is 2. The first kappa shape index (κ1) is 12.2. The van der Waals surface area contributed by atoms with Crippen LogP contribution in [0.1, 0.15) is 31.7 Å². The molecule has 1 fully saturated rings. The zero-order valence-electron chi connectivity index (χ0n) is 11.1. The predicted molar refractivity (Wildman–Crippen MR) is 72.9 cm³/mol. The van der Waals surface area contributed by atoms with Crippen molar-refractivity contribution in [3.05, 3.63) is 29.8 Å². The number of anilines is 1. The van der Waals surface area contributed by atoms with E-state index in [9.17, 15) is 9.59 Å². The van der Waals surface area contributed by atoms with Gasteiger partial charge in [0.2, 0.25) is 11.8 Å². The van der Waals surface area contributed by atoms with E-state index in [1.165, 1.54) is 5.56 Å². The molecule has 1 saturated heterocycles. The topological polar surface area (TPSA) is 49.4 Å². The summed E-state index contributed by atoms with van der Waals surface area (Å²) in [6.45, 7) is 2.07. The van der Waals surface area contributed by atoms with Crippen LogP contribution in [-0.4, -0.2) is 23.9 Å². The Morgan fingerprint density at radius 2 is 2.05 bits per heavy atom. The number of rotatable bonds is 1. The number of hydrogen-bond donors (Lipinski definition) is 1. The number of para-hydroxylation sites is 1. The summed E-state index contributed by atoms with van der Waals surface area (Å²) in [6, 6.07) is 7.90. The van der Waals surface area contributed by atoms with Crippen LogP contribution in [0.5, 0.6) is 0 Å². The highest BCUT2D eigenvalue weighted by Gasteiger charge is 2.35. The molecule has 2 atom stereocenters. The molecule has 2 heterocycles. The van der Waals surface area contributed by atoms with E-state index in [0.29, 0.717) is 12.8 Å². The molecule has 2 aliphatic heterocycles. The molecule has 4 heteroatoms. The molecule has 0 aromatic heterocycles. The molecule has 0 radical (unpaired) electrons. The Morgan fingerprint density at radius 1 is 1.26 bits per heavy atom. The SMILES string of the molecule is CC1CCc2ccccc2N1C(=O)C1CCC(=O)N1. The summed E-state index contributed by atoms with van der Waals surface area (Å²) in [7, 11) is 0. The predicted octanol–water partition coefficient (Wildman–Crippen LogP) is 1.63. The second-order valence-corrected chi connectivity index (χ2v) is 5.38. The van der Waals surface area contributed by atoms with Gasteiger partial charge in [0.15, 0.2) is 0 Å². The van der Waals surface area contributed by atoms with Gasteiger partial charge in [-0.15, -0.1) is 0 Å². The molecular weight excluding hydrogens is 240 g/mol. The molecule has 19 heavy (non-hydrogen) atoms. The van der Waals surface area contributed by atoms with Crippen molar-refractivity contribution >= 4 is 17.5 Å². The lowest BCUT2D eigenvalue weighted by molar-refractivity contribution is -0.124. The molecule has 3 rings (SSSR count). The van der Waals surface area contributed by atoms with E-state index in [1.54, 1.807) is 0 Å².